The van der Waals surface area contributed by atoms with E-state index >= 15 is 0 Å². The van der Waals surface area contributed by atoms with Crippen LogP contribution in [0.1, 0.15) is 58.5 Å². The summed E-state index contributed by atoms with van der Waals surface area (Å²) in [6.07, 6.45) is 3.58. The minimum atomic E-state index is -1.01. The summed E-state index contributed by atoms with van der Waals surface area (Å²) in [4.78, 5) is 32.5. The number of carbonyl (C=O) groups excluding carboxylic acids is 2. The van der Waals surface area contributed by atoms with Crippen molar-refractivity contribution in [2.75, 3.05) is 12.1 Å². The van der Waals surface area contributed by atoms with E-state index in [1.54, 1.807) is 37.9 Å². The summed E-state index contributed by atoms with van der Waals surface area (Å²) >= 11 is 0. The molecule has 31 heavy (non-hydrogen) atoms. The number of aromatic nitrogens is 1. The van der Waals surface area contributed by atoms with Crippen LogP contribution in [-0.4, -0.2) is 45.2 Å². The first kappa shape index (κ1) is 19.8. The number of fused-ring (bicyclic) bond motifs is 2. The summed E-state index contributed by atoms with van der Waals surface area (Å²) in [5.74, 6) is 0.349. The Morgan fingerprint density at radius 1 is 1.32 bits per heavy atom. The second kappa shape index (κ2) is 6.95. The number of pyridine rings is 1. The normalized spacial score (nSPS) is 18.2. The highest BCUT2D eigenvalue weighted by Crippen LogP contribution is 2.44. The molecule has 1 saturated carbocycles. The van der Waals surface area contributed by atoms with Gasteiger partial charge in [0.05, 0.1) is 28.5 Å². The van der Waals surface area contributed by atoms with Crippen molar-refractivity contribution in [3.05, 3.63) is 46.6 Å². The number of nitrogens with one attached hydrogen (secondary N) is 1. The predicted molar refractivity (Wildman–Crippen MR) is 112 cm³/mol. The fraction of sp³-hybridized carbons (Fsp3) is 0.435. The number of amides is 2. The van der Waals surface area contributed by atoms with Crippen molar-refractivity contribution in [2.24, 2.45) is 5.92 Å². The molecule has 3 aliphatic rings. The topological polar surface area (TPSA) is 101 Å². The van der Waals surface area contributed by atoms with Gasteiger partial charge in [-0.05, 0) is 56.7 Å². The van der Waals surface area contributed by atoms with E-state index in [0.29, 0.717) is 40.6 Å². The Balaban J connectivity index is 1.46. The van der Waals surface area contributed by atoms with Crippen LogP contribution in [0.2, 0.25) is 0 Å². The molecule has 1 aromatic carbocycles. The zero-order chi connectivity index (χ0) is 21.9. The lowest BCUT2D eigenvalue weighted by Crippen LogP contribution is -2.51. The highest BCUT2D eigenvalue weighted by atomic mass is 16.7. The number of benzene rings is 1. The summed E-state index contributed by atoms with van der Waals surface area (Å²) in [7, 11) is 0. The number of anilines is 1. The smallest absolute Gasteiger partial charge is 0.260 e. The maximum absolute atomic E-state index is 13.4. The third-order valence-corrected chi connectivity index (χ3v) is 6.16. The summed E-state index contributed by atoms with van der Waals surface area (Å²) in [6.45, 7) is 5.72. The molecule has 1 aromatic heterocycles. The van der Waals surface area contributed by atoms with Gasteiger partial charge in [-0.15, -0.1) is 0 Å². The Labute approximate surface area is 180 Å². The van der Waals surface area contributed by atoms with Crippen LogP contribution in [0.3, 0.4) is 0 Å². The number of aryl methyl sites for hydroxylation is 1. The molecular formula is C23H25N3O5. The molecule has 8 heteroatoms. The highest BCUT2D eigenvalue weighted by Gasteiger charge is 2.48. The molecule has 2 aliphatic heterocycles. The van der Waals surface area contributed by atoms with Crippen molar-refractivity contribution in [3.8, 4) is 11.6 Å². The molecule has 8 nitrogen and oxygen atoms in total. The third kappa shape index (κ3) is 3.31. The number of hydrogen-bond donors (Lipinski definition) is 2. The van der Waals surface area contributed by atoms with Gasteiger partial charge < -0.3 is 24.8 Å². The molecule has 0 saturated heterocycles. The van der Waals surface area contributed by atoms with Crippen molar-refractivity contribution in [1.82, 2.24) is 9.88 Å². The molecule has 0 radical (unpaired) electrons. The van der Waals surface area contributed by atoms with Gasteiger partial charge >= 0.3 is 0 Å². The molecule has 1 unspecified atom stereocenters. The van der Waals surface area contributed by atoms with Gasteiger partial charge in [0.25, 0.3) is 17.7 Å². The van der Waals surface area contributed by atoms with Crippen LogP contribution in [0, 0.1) is 12.8 Å². The molecule has 0 bridgehead atoms. The molecule has 1 atom stereocenters. The van der Waals surface area contributed by atoms with E-state index in [1.165, 1.54) is 0 Å². The number of rotatable bonds is 5. The maximum atomic E-state index is 13.4. The summed E-state index contributed by atoms with van der Waals surface area (Å²) < 4.78 is 10.7. The minimum Gasteiger partial charge on any atom is -0.451 e. The third-order valence-electron chi connectivity index (χ3n) is 6.16. The second-order valence-corrected chi connectivity index (χ2v) is 9.02. The molecule has 2 amide bonds. The molecule has 162 valence electrons. The fourth-order valence-corrected chi connectivity index (χ4v) is 4.75. The van der Waals surface area contributed by atoms with Crippen LogP contribution in [0.25, 0.3) is 0 Å². The van der Waals surface area contributed by atoms with Crippen LogP contribution in [0.5, 0.6) is 11.6 Å². The number of aliphatic hydroxyl groups is 1. The zero-order valence-corrected chi connectivity index (χ0v) is 17.8. The number of carbonyl (C=O) groups is 2. The average Bonchev–Trinajstić information content (AvgIpc) is 3.30. The van der Waals surface area contributed by atoms with Gasteiger partial charge in [0, 0.05) is 12.7 Å². The van der Waals surface area contributed by atoms with Crippen molar-refractivity contribution in [1.29, 1.82) is 0 Å². The van der Waals surface area contributed by atoms with Crippen LogP contribution in [0.15, 0.2) is 24.4 Å². The zero-order valence-electron chi connectivity index (χ0n) is 17.8. The van der Waals surface area contributed by atoms with Crippen molar-refractivity contribution in [2.45, 2.75) is 51.8 Å². The molecule has 0 spiro atoms. The Morgan fingerprint density at radius 2 is 2.10 bits per heavy atom. The van der Waals surface area contributed by atoms with Crippen LogP contribution < -0.4 is 14.8 Å². The molecule has 1 fully saturated rings. The molecule has 1 aliphatic carbocycles. The molecule has 2 aromatic rings. The first-order valence-electron chi connectivity index (χ1n) is 10.5. The SMILES string of the molecule is Cc1cnc2c(c1C(=O)Nc1cccc3c1C(=O)N(C(C1CC1)C(C)(C)O)C3)OCO2. The van der Waals surface area contributed by atoms with Gasteiger partial charge in [-0.3, -0.25) is 9.59 Å². The predicted octanol–water partition coefficient (Wildman–Crippen LogP) is 2.88. The lowest BCUT2D eigenvalue weighted by atomic mass is 9.93. The largest absolute Gasteiger partial charge is 0.451 e. The lowest BCUT2D eigenvalue weighted by molar-refractivity contribution is -0.0224. The van der Waals surface area contributed by atoms with Crippen LogP contribution in [0.4, 0.5) is 5.69 Å². The van der Waals surface area contributed by atoms with E-state index in [2.05, 4.69) is 10.3 Å². The van der Waals surface area contributed by atoms with Gasteiger partial charge in [-0.1, -0.05) is 12.1 Å². The summed E-state index contributed by atoms with van der Waals surface area (Å²) in [5.41, 5.74) is 1.76. The Morgan fingerprint density at radius 3 is 2.81 bits per heavy atom. The maximum Gasteiger partial charge on any atom is 0.260 e. The highest BCUT2D eigenvalue weighted by molar-refractivity contribution is 6.12. The van der Waals surface area contributed by atoms with Gasteiger partial charge in [0.2, 0.25) is 6.79 Å². The molecule has 3 heterocycles. The lowest BCUT2D eigenvalue weighted by Gasteiger charge is -2.37. The summed E-state index contributed by atoms with van der Waals surface area (Å²) in [5, 5.41) is 13.6. The van der Waals surface area contributed by atoms with E-state index < -0.39 is 5.60 Å². The van der Waals surface area contributed by atoms with Crippen molar-refractivity contribution in [3.63, 3.8) is 0 Å². The monoisotopic (exact) mass is 423 g/mol. The van der Waals surface area contributed by atoms with Gasteiger partial charge in [0.15, 0.2) is 5.75 Å². The first-order chi connectivity index (χ1) is 14.8. The van der Waals surface area contributed by atoms with Gasteiger partial charge in [-0.25, -0.2) is 4.98 Å². The summed E-state index contributed by atoms with van der Waals surface area (Å²) in [6, 6.07) is 5.18. The van der Waals surface area contributed by atoms with Gasteiger partial charge in [-0.2, -0.15) is 0 Å². The number of ether oxygens (including phenoxy) is 2. The Bertz CT molecular complexity index is 1090. The van der Waals surface area contributed by atoms with E-state index in [-0.39, 0.29) is 30.5 Å². The Kier molecular flexibility index (Phi) is 4.44. The average molecular weight is 423 g/mol. The molecular weight excluding hydrogens is 398 g/mol. The number of nitrogens with zero attached hydrogens (tertiary/aromatic N) is 2. The molecule has 2 N–H and O–H groups in total. The van der Waals surface area contributed by atoms with Crippen molar-refractivity contribution >= 4 is 17.5 Å². The van der Waals surface area contributed by atoms with E-state index in [0.717, 1.165) is 18.4 Å². The van der Waals surface area contributed by atoms with Crippen molar-refractivity contribution < 1.29 is 24.2 Å². The van der Waals surface area contributed by atoms with Crippen LogP contribution >= 0.6 is 0 Å². The minimum absolute atomic E-state index is 0.0136. The van der Waals surface area contributed by atoms with Gasteiger partial charge in [0.1, 0.15) is 0 Å². The first-order valence-corrected chi connectivity index (χ1v) is 10.5. The fourth-order valence-electron chi connectivity index (χ4n) is 4.75. The van der Waals surface area contributed by atoms with Crippen LogP contribution in [-0.2, 0) is 6.54 Å². The standard InChI is InChI=1S/C23H25N3O5/c1-12-9-24-21-18(30-11-31-21)16(12)20(27)25-15-6-4-5-14-10-26(22(28)17(14)15)19(13-7-8-13)23(2,3)29/h4-6,9,13,19,29H,7-8,10-11H2,1-3H3,(H,25,27). The van der Waals surface area contributed by atoms with E-state index in [4.69, 9.17) is 9.47 Å². The van der Waals surface area contributed by atoms with E-state index in [1.807, 2.05) is 12.1 Å². The van der Waals surface area contributed by atoms with E-state index in [9.17, 15) is 14.7 Å². The molecule has 5 rings (SSSR count). The quantitative estimate of drug-likeness (QED) is 0.767. The second-order valence-electron chi connectivity index (χ2n) is 9.02. The Hall–Kier alpha value is -3.13. The number of hydrogen-bond acceptors (Lipinski definition) is 6.